The van der Waals surface area contributed by atoms with Crippen LogP contribution < -0.4 is 5.32 Å². The number of fused-ring (bicyclic) bond motifs is 1. The van der Waals surface area contributed by atoms with Crippen LogP contribution in [0.3, 0.4) is 0 Å². The Bertz CT molecular complexity index is 559. The molecular weight excluding hydrogens is 280 g/mol. The van der Waals surface area contributed by atoms with Gasteiger partial charge in [-0.2, -0.15) is 0 Å². The second-order valence-electron chi connectivity index (χ2n) is 6.01. The molecule has 0 spiro atoms. The Balaban J connectivity index is 2.24. The van der Waals surface area contributed by atoms with Crippen LogP contribution in [-0.4, -0.2) is 40.5 Å². The van der Waals surface area contributed by atoms with Crippen LogP contribution in [0.15, 0.2) is 24.3 Å². The summed E-state index contributed by atoms with van der Waals surface area (Å²) < 4.78 is 0. The maximum Gasteiger partial charge on any atom is 0.255 e. The van der Waals surface area contributed by atoms with Crippen molar-refractivity contribution in [2.24, 2.45) is 5.92 Å². The van der Waals surface area contributed by atoms with Gasteiger partial charge in [-0.05, 0) is 24.5 Å². The third-order valence-electron chi connectivity index (χ3n) is 4.30. The summed E-state index contributed by atoms with van der Waals surface area (Å²) in [5.41, 5.74) is 1.64. The fourth-order valence-corrected chi connectivity index (χ4v) is 2.81. The lowest BCUT2D eigenvalue weighted by atomic mass is 9.96. The molecule has 120 valence electrons. The van der Waals surface area contributed by atoms with Gasteiger partial charge in [0.15, 0.2) is 0 Å². The minimum absolute atomic E-state index is 0.0455. The van der Waals surface area contributed by atoms with Crippen molar-refractivity contribution in [2.75, 3.05) is 6.61 Å². The Morgan fingerprint density at radius 2 is 2.05 bits per heavy atom. The van der Waals surface area contributed by atoms with E-state index in [-0.39, 0.29) is 30.4 Å². The summed E-state index contributed by atoms with van der Waals surface area (Å²) in [6, 6.07) is 6.64. The molecule has 0 unspecified atom stereocenters. The number of aliphatic hydroxyl groups is 1. The molecule has 1 aromatic rings. The monoisotopic (exact) mass is 304 g/mol. The molecule has 1 heterocycles. The van der Waals surface area contributed by atoms with Gasteiger partial charge in [0.25, 0.3) is 5.91 Å². The van der Waals surface area contributed by atoms with Crippen LogP contribution in [0.5, 0.6) is 0 Å². The predicted octanol–water partition coefficient (Wildman–Crippen LogP) is 1.55. The number of nitrogens with zero attached hydrogens (tertiary/aromatic N) is 1. The van der Waals surface area contributed by atoms with E-state index >= 15 is 0 Å². The second-order valence-corrected chi connectivity index (χ2v) is 6.01. The molecule has 3 atom stereocenters. The molecule has 1 aromatic carbocycles. The number of amides is 2. The molecule has 2 N–H and O–H groups in total. The number of carbonyl (C=O) groups excluding carboxylic acids is 2. The second kappa shape index (κ2) is 6.92. The average Bonchev–Trinajstić information content (AvgIpc) is 2.84. The number of hydrogen-bond acceptors (Lipinski definition) is 3. The average molecular weight is 304 g/mol. The molecule has 0 bridgehead atoms. The Labute approximate surface area is 131 Å². The van der Waals surface area contributed by atoms with Crippen molar-refractivity contribution in [3.63, 3.8) is 0 Å². The van der Waals surface area contributed by atoms with E-state index in [9.17, 15) is 9.59 Å². The van der Waals surface area contributed by atoms with E-state index in [2.05, 4.69) is 5.32 Å². The highest BCUT2D eigenvalue weighted by Crippen LogP contribution is 2.28. The first-order valence-electron chi connectivity index (χ1n) is 7.79. The lowest BCUT2D eigenvalue weighted by Gasteiger charge is -2.32. The van der Waals surface area contributed by atoms with Crippen LogP contribution in [0.4, 0.5) is 0 Å². The van der Waals surface area contributed by atoms with Gasteiger partial charge >= 0.3 is 0 Å². The molecule has 0 saturated carbocycles. The Morgan fingerprint density at radius 1 is 1.36 bits per heavy atom. The van der Waals surface area contributed by atoms with Gasteiger partial charge < -0.3 is 15.3 Å². The molecule has 1 aliphatic rings. The molecule has 5 nitrogen and oxygen atoms in total. The minimum Gasteiger partial charge on any atom is -0.394 e. The lowest BCUT2D eigenvalue weighted by Crippen LogP contribution is -2.52. The predicted molar refractivity (Wildman–Crippen MR) is 84.2 cm³/mol. The van der Waals surface area contributed by atoms with Crippen LogP contribution in [0.2, 0.25) is 0 Å². The zero-order chi connectivity index (χ0) is 16.3. The topological polar surface area (TPSA) is 69.6 Å². The summed E-state index contributed by atoms with van der Waals surface area (Å²) in [6.45, 7) is 6.07. The van der Waals surface area contributed by atoms with Crippen LogP contribution in [0.25, 0.3) is 0 Å². The number of carbonyl (C=O) groups is 2. The van der Waals surface area contributed by atoms with E-state index in [1.165, 1.54) is 0 Å². The fraction of sp³-hybridized carbons (Fsp3) is 0.529. The molecule has 0 aromatic heterocycles. The van der Waals surface area contributed by atoms with E-state index in [4.69, 9.17) is 5.11 Å². The lowest BCUT2D eigenvalue weighted by molar-refractivity contribution is -0.128. The van der Waals surface area contributed by atoms with Gasteiger partial charge in [0, 0.05) is 18.2 Å². The molecule has 22 heavy (non-hydrogen) atoms. The molecule has 0 radical (unpaired) electrons. The number of benzene rings is 1. The van der Waals surface area contributed by atoms with E-state index in [1.807, 2.05) is 32.0 Å². The Morgan fingerprint density at radius 3 is 2.64 bits per heavy atom. The highest BCUT2D eigenvalue weighted by atomic mass is 16.3. The Kier molecular flexibility index (Phi) is 5.19. The summed E-state index contributed by atoms with van der Waals surface area (Å²) in [5, 5.41) is 11.9. The molecule has 2 rings (SSSR count). The number of aliphatic hydroxyl groups excluding tert-OH is 1. The quantitative estimate of drug-likeness (QED) is 0.838. The summed E-state index contributed by atoms with van der Waals surface area (Å²) in [5.74, 6) is -0.242. The molecule has 0 saturated heterocycles. The van der Waals surface area contributed by atoms with Crippen LogP contribution in [0.1, 0.15) is 43.1 Å². The normalized spacial score (nSPS) is 17.8. The highest BCUT2D eigenvalue weighted by Gasteiger charge is 2.38. The van der Waals surface area contributed by atoms with Gasteiger partial charge in [0.05, 0.1) is 6.61 Å². The van der Waals surface area contributed by atoms with Gasteiger partial charge in [-0.3, -0.25) is 9.59 Å². The third-order valence-corrected chi connectivity index (χ3v) is 4.30. The van der Waals surface area contributed by atoms with Crippen molar-refractivity contribution in [2.45, 2.75) is 45.8 Å². The number of hydrogen-bond donors (Lipinski definition) is 2. The van der Waals surface area contributed by atoms with Gasteiger partial charge in [-0.25, -0.2) is 0 Å². The van der Waals surface area contributed by atoms with Crippen molar-refractivity contribution in [1.29, 1.82) is 0 Å². The van der Waals surface area contributed by atoms with Crippen molar-refractivity contribution in [3.8, 4) is 0 Å². The Hall–Kier alpha value is -1.88. The molecule has 0 aliphatic carbocycles. The van der Waals surface area contributed by atoms with Crippen molar-refractivity contribution >= 4 is 11.8 Å². The van der Waals surface area contributed by atoms with E-state index in [0.717, 1.165) is 12.0 Å². The largest absolute Gasteiger partial charge is 0.394 e. The van der Waals surface area contributed by atoms with Crippen LogP contribution in [0, 0.1) is 5.92 Å². The van der Waals surface area contributed by atoms with Gasteiger partial charge in [-0.15, -0.1) is 0 Å². The van der Waals surface area contributed by atoms with Crippen molar-refractivity contribution < 1.29 is 14.7 Å². The van der Waals surface area contributed by atoms with E-state index < -0.39 is 6.04 Å². The number of nitrogens with one attached hydrogen (secondary N) is 1. The standard InChI is InChI=1S/C17H24N2O3/c1-4-11(2)15(16(21)18-12(3)10-20)19-9-13-7-5-6-8-14(13)17(19)22/h5-8,11-12,15,20H,4,9-10H2,1-3H3,(H,18,21)/t11-,12-,15+/m0/s1. The zero-order valence-corrected chi connectivity index (χ0v) is 13.4. The summed E-state index contributed by atoms with van der Waals surface area (Å²) in [6.07, 6.45) is 0.797. The van der Waals surface area contributed by atoms with Crippen LogP contribution >= 0.6 is 0 Å². The van der Waals surface area contributed by atoms with Crippen molar-refractivity contribution in [1.82, 2.24) is 10.2 Å². The van der Waals surface area contributed by atoms with Gasteiger partial charge in [-0.1, -0.05) is 38.5 Å². The van der Waals surface area contributed by atoms with Crippen LogP contribution in [-0.2, 0) is 11.3 Å². The minimum atomic E-state index is -0.515. The smallest absolute Gasteiger partial charge is 0.255 e. The fourth-order valence-electron chi connectivity index (χ4n) is 2.81. The van der Waals surface area contributed by atoms with Gasteiger partial charge in [0.2, 0.25) is 5.91 Å². The summed E-state index contributed by atoms with van der Waals surface area (Å²) in [7, 11) is 0. The maximum atomic E-state index is 12.6. The van der Waals surface area contributed by atoms with Gasteiger partial charge in [0.1, 0.15) is 6.04 Å². The maximum absolute atomic E-state index is 12.6. The number of rotatable bonds is 6. The summed E-state index contributed by atoms with van der Waals surface area (Å²) in [4.78, 5) is 26.8. The molecule has 1 aliphatic heterocycles. The third kappa shape index (κ3) is 3.14. The molecule has 2 amide bonds. The first kappa shape index (κ1) is 16.5. The summed E-state index contributed by atoms with van der Waals surface area (Å²) >= 11 is 0. The molecular formula is C17H24N2O3. The zero-order valence-electron chi connectivity index (χ0n) is 13.4. The first-order valence-corrected chi connectivity index (χ1v) is 7.79. The van der Waals surface area contributed by atoms with E-state index in [0.29, 0.717) is 12.1 Å². The van der Waals surface area contributed by atoms with Crippen molar-refractivity contribution in [3.05, 3.63) is 35.4 Å². The molecule has 5 heteroatoms. The van der Waals surface area contributed by atoms with E-state index in [1.54, 1.807) is 17.9 Å². The highest BCUT2D eigenvalue weighted by molar-refractivity contribution is 6.01. The SMILES string of the molecule is CC[C@H](C)[C@H](C(=O)N[C@@H](C)CO)N1Cc2ccccc2C1=O. The molecule has 0 fully saturated rings. The first-order chi connectivity index (χ1) is 10.5.